The van der Waals surface area contributed by atoms with Gasteiger partial charge >= 0.3 is 12.3 Å². The monoisotopic (exact) mass is 259 g/mol. The van der Waals surface area contributed by atoms with E-state index in [9.17, 15) is 22.4 Å². The quantitative estimate of drug-likeness (QED) is 0.785. The molecule has 2 atom stereocenters. The summed E-state index contributed by atoms with van der Waals surface area (Å²) in [7, 11) is 0. The summed E-state index contributed by atoms with van der Waals surface area (Å²) in [5.74, 6) is -6.46. The van der Waals surface area contributed by atoms with Gasteiger partial charge in [0.05, 0.1) is 0 Å². The van der Waals surface area contributed by atoms with E-state index in [1.54, 1.807) is 6.26 Å². The van der Waals surface area contributed by atoms with E-state index < -0.39 is 24.3 Å². The molecule has 0 aromatic heterocycles. The van der Waals surface area contributed by atoms with Crippen LogP contribution in [0.1, 0.15) is 19.3 Å². The number of carbonyl (C=O) groups is 1. The lowest BCUT2D eigenvalue weighted by atomic mass is 10.2. The molecule has 1 saturated carbocycles. The Balaban J connectivity index is 2.57. The lowest BCUT2D eigenvalue weighted by Gasteiger charge is -2.22. The van der Waals surface area contributed by atoms with Crippen LogP contribution in [0, 0.1) is 0 Å². The van der Waals surface area contributed by atoms with Gasteiger partial charge in [0.25, 0.3) is 5.91 Å². The van der Waals surface area contributed by atoms with Gasteiger partial charge < -0.3 is 5.32 Å². The minimum Gasteiger partial charge on any atom is -0.347 e. The largest absolute Gasteiger partial charge is 0.383 e. The molecule has 0 saturated heterocycles. The Labute approximate surface area is 95.1 Å². The van der Waals surface area contributed by atoms with Crippen molar-refractivity contribution >= 4 is 17.7 Å². The minimum atomic E-state index is -4.59. The first-order valence-electron chi connectivity index (χ1n) is 4.89. The Hall–Kier alpha value is -0.460. The molecule has 1 fully saturated rings. The Morgan fingerprint density at radius 2 is 2.06 bits per heavy atom. The van der Waals surface area contributed by atoms with Gasteiger partial charge in [0.1, 0.15) is 0 Å². The van der Waals surface area contributed by atoms with Crippen LogP contribution >= 0.6 is 11.8 Å². The molecule has 1 N–H and O–H groups in total. The van der Waals surface area contributed by atoms with Crippen LogP contribution in [0.3, 0.4) is 0 Å². The van der Waals surface area contributed by atoms with Crippen molar-refractivity contribution < 1.29 is 22.4 Å². The Morgan fingerprint density at radius 3 is 2.56 bits per heavy atom. The van der Waals surface area contributed by atoms with Crippen molar-refractivity contribution in [1.82, 2.24) is 5.32 Å². The van der Waals surface area contributed by atoms with E-state index in [0.29, 0.717) is 6.42 Å². The standard InChI is InChI=1S/C9H13F4NOS/c1-16-6-4-2-3-5(6)14-8(15)9(12,13)7(10)11/h5-7H,2-4H2,1H3,(H,14,15). The summed E-state index contributed by atoms with van der Waals surface area (Å²) in [6.45, 7) is 0. The van der Waals surface area contributed by atoms with Crippen molar-refractivity contribution in [3.8, 4) is 0 Å². The van der Waals surface area contributed by atoms with E-state index in [2.05, 4.69) is 0 Å². The number of thioether (sulfide) groups is 1. The molecule has 94 valence electrons. The SMILES string of the molecule is CSC1CCCC1NC(=O)C(F)(F)C(F)F. The second-order valence-corrected chi connectivity index (χ2v) is 4.79. The molecule has 1 rings (SSSR count). The first-order chi connectivity index (χ1) is 7.39. The zero-order chi connectivity index (χ0) is 12.3. The lowest BCUT2D eigenvalue weighted by Crippen LogP contribution is -2.50. The van der Waals surface area contributed by atoms with Gasteiger partial charge in [0.2, 0.25) is 0 Å². The predicted octanol–water partition coefficient (Wildman–Crippen LogP) is 2.29. The summed E-state index contributed by atoms with van der Waals surface area (Å²) in [4.78, 5) is 11.0. The molecule has 1 amide bonds. The third-order valence-corrected chi connectivity index (χ3v) is 3.82. The number of hydrogen-bond acceptors (Lipinski definition) is 2. The van der Waals surface area contributed by atoms with Gasteiger partial charge in [0, 0.05) is 11.3 Å². The van der Waals surface area contributed by atoms with Crippen LogP contribution in [0.2, 0.25) is 0 Å². The van der Waals surface area contributed by atoms with Gasteiger partial charge in [-0.15, -0.1) is 0 Å². The maximum Gasteiger partial charge on any atom is 0.383 e. The molecular formula is C9H13F4NOS. The lowest BCUT2D eigenvalue weighted by molar-refractivity contribution is -0.170. The molecule has 0 spiro atoms. The van der Waals surface area contributed by atoms with Crippen LogP contribution in [-0.4, -0.2) is 35.8 Å². The molecule has 0 bridgehead atoms. The van der Waals surface area contributed by atoms with Crippen LogP contribution < -0.4 is 5.32 Å². The summed E-state index contributed by atoms with van der Waals surface area (Å²) < 4.78 is 49.1. The van der Waals surface area contributed by atoms with Crippen molar-refractivity contribution in [1.29, 1.82) is 0 Å². The number of hydrogen-bond donors (Lipinski definition) is 1. The molecule has 2 unspecified atom stereocenters. The molecule has 0 heterocycles. The topological polar surface area (TPSA) is 29.1 Å². The Kier molecular flexibility index (Phi) is 4.46. The Bertz CT molecular complexity index is 262. The zero-order valence-electron chi connectivity index (χ0n) is 8.68. The van der Waals surface area contributed by atoms with Crippen LogP contribution in [0.25, 0.3) is 0 Å². The fraction of sp³-hybridized carbons (Fsp3) is 0.889. The highest BCUT2D eigenvalue weighted by molar-refractivity contribution is 7.99. The summed E-state index contributed by atoms with van der Waals surface area (Å²) >= 11 is 1.45. The highest BCUT2D eigenvalue weighted by atomic mass is 32.2. The average Bonchev–Trinajstić information content (AvgIpc) is 2.64. The molecule has 1 aliphatic rings. The predicted molar refractivity (Wildman–Crippen MR) is 54.0 cm³/mol. The second kappa shape index (κ2) is 5.25. The second-order valence-electron chi connectivity index (χ2n) is 3.71. The third-order valence-electron chi connectivity index (χ3n) is 2.65. The van der Waals surface area contributed by atoms with E-state index in [4.69, 9.17) is 0 Å². The molecule has 7 heteroatoms. The highest BCUT2D eigenvalue weighted by Gasteiger charge is 2.50. The van der Waals surface area contributed by atoms with E-state index in [1.807, 2.05) is 5.32 Å². The van der Waals surface area contributed by atoms with Crippen molar-refractivity contribution in [3.63, 3.8) is 0 Å². The molecule has 0 radical (unpaired) electrons. The fourth-order valence-corrected chi connectivity index (χ4v) is 2.67. The number of rotatable bonds is 4. The number of nitrogens with one attached hydrogen (secondary N) is 1. The van der Waals surface area contributed by atoms with Gasteiger partial charge in [-0.3, -0.25) is 4.79 Å². The van der Waals surface area contributed by atoms with Crippen molar-refractivity contribution in [3.05, 3.63) is 0 Å². The van der Waals surface area contributed by atoms with Gasteiger partial charge in [0.15, 0.2) is 0 Å². The first-order valence-corrected chi connectivity index (χ1v) is 6.18. The van der Waals surface area contributed by atoms with E-state index in [1.165, 1.54) is 11.8 Å². The van der Waals surface area contributed by atoms with E-state index >= 15 is 0 Å². The van der Waals surface area contributed by atoms with E-state index in [0.717, 1.165) is 12.8 Å². The van der Waals surface area contributed by atoms with Crippen molar-refractivity contribution in [2.45, 2.75) is 42.9 Å². The summed E-state index contributed by atoms with van der Waals surface area (Å²) in [5, 5.41) is 2.05. The normalized spacial score (nSPS) is 26.1. The zero-order valence-corrected chi connectivity index (χ0v) is 9.50. The maximum atomic E-state index is 12.7. The molecule has 0 aromatic carbocycles. The molecular weight excluding hydrogens is 246 g/mol. The van der Waals surface area contributed by atoms with Crippen LogP contribution in [0.15, 0.2) is 0 Å². The fourth-order valence-electron chi connectivity index (χ4n) is 1.74. The van der Waals surface area contributed by atoms with Gasteiger partial charge in [-0.05, 0) is 19.1 Å². The average molecular weight is 259 g/mol. The molecule has 0 aliphatic heterocycles. The number of alkyl halides is 4. The van der Waals surface area contributed by atoms with E-state index in [-0.39, 0.29) is 5.25 Å². The Morgan fingerprint density at radius 1 is 1.44 bits per heavy atom. The first kappa shape index (κ1) is 13.6. The summed E-state index contributed by atoms with van der Waals surface area (Å²) in [6, 6.07) is -0.424. The number of amides is 1. The molecule has 2 nitrogen and oxygen atoms in total. The van der Waals surface area contributed by atoms with Gasteiger partial charge in [-0.25, -0.2) is 8.78 Å². The molecule has 0 aromatic rings. The van der Waals surface area contributed by atoms with Crippen molar-refractivity contribution in [2.75, 3.05) is 6.26 Å². The molecule has 1 aliphatic carbocycles. The summed E-state index contributed by atoms with van der Waals surface area (Å²) in [6.07, 6.45) is 0.0432. The number of carbonyl (C=O) groups excluding carboxylic acids is 1. The van der Waals surface area contributed by atoms with Crippen LogP contribution in [0.5, 0.6) is 0 Å². The van der Waals surface area contributed by atoms with Crippen LogP contribution in [-0.2, 0) is 4.79 Å². The number of halogens is 4. The van der Waals surface area contributed by atoms with Crippen molar-refractivity contribution in [2.24, 2.45) is 0 Å². The minimum absolute atomic E-state index is 0.0393. The van der Waals surface area contributed by atoms with Gasteiger partial charge in [-0.1, -0.05) is 6.42 Å². The smallest absolute Gasteiger partial charge is 0.347 e. The highest BCUT2D eigenvalue weighted by Crippen LogP contribution is 2.30. The maximum absolute atomic E-state index is 12.7. The van der Waals surface area contributed by atoms with Crippen LogP contribution in [0.4, 0.5) is 17.6 Å². The van der Waals surface area contributed by atoms with Gasteiger partial charge in [-0.2, -0.15) is 20.5 Å². The molecule has 16 heavy (non-hydrogen) atoms. The third kappa shape index (κ3) is 2.81. The summed E-state index contributed by atoms with van der Waals surface area (Å²) in [5.41, 5.74) is 0.